The van der Waals surface area contributed by atoms with Crippen molar-refractivity contribution in [3.05, 3.63) is 47.3 Å². The molecule has 0 saturated carbocycles. The molecule has 2 rings (SSSR count). The number of amides is 1. The highest BCUT2D eigenvalue weighted by atomic mass is 35.5. The number of anilines is 1. The summed E-state index contributed by atoms with van der Waals surface area (Å²) in [6.45, 7) is 3.92. The van der Waals surface area contributed by atoms with Gasteiger partial charge >= 0.3 is 0 Å². The van der Waals surface area contributed by atoms with Crippen LogP contribution in [0.1, 0.15) is 36.1 Å². The third kappa shape index (κ3) is 2.93. The fraction of sp³-hybridized carbons (Fsp3) is 0.286. The van der Waals surface area contributed by atoms with Gasteiger partial charge in [-0.05, 0) is 12.1 Å². The molecule has 2 aromatic rings. The molecule has 0 N–H and O–H groups in total. The minimum atomic E-state index is -0.273. The molecule has 0 atom stereocenters. The van der Waals surface area contributed by atoms with E-state index in [1.54, 1.807) is 31.6 Å². The first-order valence-electron chi connectivity index (χ1n) is 6.21. The molecular weight excluding hydrogens is 276 g/mol. The Kier molecular flexibility index (Phi) is 4.29. The van der Waals surface area contributed by atoms with Crippen LogP contribution in [0, 0.1) is 0 Å². The Morgan fingerprint density at radius 1 is 1.30 bits per heavy atom. The summed E-state index contributed by atoms with van der Waals surface area (Å²) in [5.74, 6) is 0.455. The third-order valence-electron chi connectivity index (χ3n) is 2.84. The molecule has 0 radical (unpaired) electrons. The SMILES string of the molecule is CC(C)c1ncc(Cl)c(C(=O)N(C)c2ccncc2)n1. The topological polar surface area (TPSA) is 59.0 Å². The molecule has 5 nitrogen and oxygen atoms in total. The van der Waals surface area contributed by atoms with Gasteiger partial charge in [0, 0.05) is 31.0 Å². The maximum Gasteiger partial charge on any atom is 0.278 e. The molecule has 0 fully saturated rings. The fourth-order valence-corrected chi connectivity index (χ4v) is 1.82. The van der Waals surface area contributed by atoms with Gasteiger partial charge < -0.3 is 4.90 Å². The largest absolute Gasteiger partial charge is 0.310 e. The number of halogens is 1. The van der Waals surface area contributed by atoms with Crippen LogP contribution in [-0.2, 0) is 0 Å². The van der Waals surface area contributed by atoms with Crippen molar-refractivity contribution in [2.75, 3.05) is 11.9 Å². The summed E-state index contributed by atoms with van der Waals surface area (Å²) < 4.78 is 0. The van der Waals surface area contributed by atoms with E-state index in [0.29, 0.717) is 5.82 Å². The van der Waals surface area contributed by atoms with E-state index in [-0.39, 0.29) is 22.5 Å². The van der Waals surface area contributed by atoms with E-state index in [0.717, 1.165) is 5.69 Å². The van der Waals surface area contributed by atoms with E-state index >= 15 is 0 Å². The number of carbonyl (C=O) groups excluding carboxylic acids is 1. The number of rotatable bonds is 3. The van der Waals surface area contributed by atoms with Crippen molar-refractivity contribution in [2.24, 2.45) is 0 Å². The van der Waals surface area contributed by atoms with Crippen LogP contribution < -0.4 is 4.90 Å². The molecule has 0 saturated heterocycles. The fourth-order valence-electron chi connectivity index (χ4n) is 1.65. The summed E-state index contributed by atoms with van der Waals surface area (Å²) >= 11 is 6.04. The Morgan fingerprint density at radius 3 is 2.55 bits per heavy atom. The molecule has 2 heterocycles. The van der Waals surface area contributed by atoms with Crippen LogP contribution in [0.4, 0.5) is 5.69 Å². The lowest BCUT2D eigenvalue weighted by atomic mass is 10.2. The molecule has 0 bridgehead atoms. The van der Waals surface area contributed by atoms with E-state index in [2.05, 4.69) is 15.0 Å². The predicted molar refractivity (Wildman–Crippen MR) is 78.1 cm³/mol. The van der Waals surface area contributed by atoms with Gasteiger partial charge in [-0.15, -0.1) is 0 Å². The minimum absolute atomic E-state index is 0.130. The second-order valence-corrected chi connectivity index (χ2v) is 5.06. The maximum atomic E-state index is 12.5. The van der Waals surface area contributed by atoms with Crippen molar-refractivity contribution in [3.63, 3.8) is 0 Å². The molecule has 6 heteroatoms. The summed E-state index contributed by atoms with van der Waals surface area (Å²) in [5.41, 5.74) is 0.940. The number of carbonyl (C=O) groups is 1. The van der Waals surface area contributed by atoms with Gasteiger partial charge in [0.2, 0.25) is 0 Å². The smallest absolute Gasteiger partial charge is 0.278 e. The van der Waals surface area contributed by atoms with Crippen molar-refractivity contribution in [1.82, 2.24) is 15.0 Å². The lowest BCUT2D eigenvalue weighted by Crippen LogP contribution is -2.28. The van der Waals surface area contributed by atoms with E-state index in [4.69, 9.17) is 11.6 Å². The van der Waals surface area contributed by atoms with Crippen molar-refractivity contribution < 1.29 is 4.79 Å². The molecule has 1 amide bonds. The van der Waals surface area contributed by atoms with Gasteiger partial charge in [0.05, 0.1) is 11.2 Å². The van der Waals surface area contributed by atoms with Crippen LogP contribution in [-0.4, -0.2) is 27.9 Å². The average molecular weight is 291 g/mol. The minimum Gasteiger partial charge on any atom is -0.310 e. The lowest BCUT2D eigenvalue weighted by Gasteiger charge is -2.17. The van der Waals surface area contributed by atoms with Gasteiger partial charge in [-0.2, -0.15) is 0 Å². The Morgan fingerprint density at radius 2 is 1.95 bits per heavy atom. The Hall–Kier alpha value is -2.01. The first-order valence-corrected chi connectivity index (χ1v) is 6.59. The first kappa shape index (κ1) is 14.4. The number of pyridine rings is 1. The zero-order chi connectivity index (χ0) is 14.7. The first-order chi connectivity index (χ1) is 9.50. The second-order valence-electron chi connectivity index (χ2n) is 4.65. The molecule has 20 heavy (non-hydrogen) atoms. The lowest BCUT2D eigenvalue weighted by molar-refractivity contribution is 0.0988. The quantitative estimate of drug-likeness (QED) is 0.872. The van der Waals surface area contributed by atoms with Crippen LogP contribution in [0.25, 0.3) is 0 Å². The van der Waals surface area contributed by atoms with Crippen molar-refractivity contribution in [1.29, 1.82) is 0 Å². The Labute approximate surface area is 122 Å². The van der Waals surface area contributed by atoms with Crippen LogP contribution in [0.15, 0.2) is 30.7 Å². The summed E-state index contributed by atoms with van der Waals surface area (Å²) in [6, 6.07) is 3.49. The molecule has 2 aromatic heterocycles. The number of hydrogen-bond donors (Lipinski definition) is 0. The molecular formula is C14H15ClN4O. The molecule has 104 valence electrons. The predicted octanol–water partition coefficient (Wildman–Crippen LogP) is 2.93. The van der Waals surface area contributed by atoms with Gasteiger partial charge in [0.25, 0.3) is 5.91 Å². The van der Waals surface area contributed by atoms with Gasteiger partial charge in [-0.3, -0.25) is 9.78 Å². The normalized spacial score (nSPS) is 10.7. The standard InChI is InChI=1S/C14H15ClN4O/c1-9(2)13-17-8-11(15)12(18-13)14(20)19(3)10-4-6-16-7-5-10/h4-9H,1-3H3. The summed E-state index contributed by atoms with van der Waals surface area (Å²) in [5, 5.41) is 0.250. The highest BCUT2D eigenvalue weighted by molar-refractivity contribution is 6.34. The van der Waals surface area contributed by atoms with Gasteiger partial charge in [-0.1, -0.05) is 25.4 Å². The highest BCUT2D eigenvalue weighted by Crippen LogP contribution is 2.20. The summed E-state index contributed by atoms with van der Waals surface area (Å²) in [6.07, 6.45) is 4.72. The molecule has 0 spiro atoms. The number of hydrogen-bond acceptors (Lipinski definition) is 4. The molecule has 0 aliphatic rings. The zero-order valence-corrected chi connectivity index (χ0v) is 12.3. The summed E-state index contributed by atoms with van der Waals surface area (Å²) in [4.78, 5) is 26.3. The van der Waals surface area contributed by atoms with E-state index < -0.39 is 0 Å². The molecule has 0 aliphatic carbocycles. The van der Waals surface area contributed by atoms with E-state index in [1.807, 2.05) is 13.8 Å². The maximum absolute atomic E-state index is 12.5. The third-order valence-corrected chi connectivity index (χ3v) is 3.11. The number of aromatic nitrogens is 3. The van der Waals surface area contributed by atoms with Crippen molar-refractivity contribution >= 4 is 23.2 Å². The highest BCUT2D eigenvalue weighted by Gasteiger charge is 2.20. The zero-order valence-electron chi connectivity index (χ0n) is 11.5. The van der Waals surface area contributed by atoms with Crippen LogP contribution >= 0.6 is 11.6 Å². The summed E-state index contributed by atoms with van der Waals surface area (Å²) in [7, 11) is 1.67. The molecule has 0 aliphatic heterocycles. The number of nitrogens with zero attached hydrogens (tertiary/aromatic N) is 4. The van der Waals surface area contributed by atoms with Gasteiger partial charge in [-0.25, -0.2) is 9.97 Å². The van der Waals surface area contributed by atoms with Crippen LogP contribution in [0.5, 0.6) is 0 Å². The Balaban J connectivity index is 2.36. The Bertz CT molecular complexity index is 616. The van der Waals surface area contributed by atoms with Crippen molar-refractivity contribution in [2.45, 2.75) is 19.8 Å². The van der Waals surface area contributed by atoms with Gasteiger partial charge in [0.15, 0.2) is 5.69 Å². The molecule has 0 unspecified atom stereocenters. The average Bonchev–Trinajstić information content (AvgIpc) is 2.47. The van der Waals surface area contributed by atoms with Crippen LogP contribution in [0.3, 0.4) is 0 Å². The molecule has 0 aromatic carbocycles. The van der Waals surface area contributed by atoms with Crippen molar-refractivity contribution in [3.8, 4) is 0 Å². The monoisotopic (exact) mass is 290 g/mol. The second kappa shape index (κ2) is 5.96. The van der Waals surface area contributed by atoms with Crippen LogP contribution in [0.2, 0.25) is 5.02 Å². The van der Waals surface area contributed by atoms with E-state index in [1.165, 1.54) is 11.1 Å². The van der Waals surface area contributed by atoms with E-state index in [9.17, 15) is 4.79 Å². The van der Waals surface area contributed by atoms with Gasteiger partial charge in [0.1, 0.15) is 5.82 Å².